The lowest BCUT2D eigenvalue weighted by Gasteiger charge is -2.26. The Morgan fingerprint density at radius 1 is 1.37 bits per heavy atom. The highest BCUT2D eigenvalue weighted by atomic mass is 127. The lowest BCUT2D eigenvalue weighted by molar-refractivity contribution is 0.177. The van der Waals surface area contributed by atoms with Gasteiger partial charge in [0.25, 0.3) is 0 Å². The Balaban J connectivity index is 0.00000261. The lowest BCUT2D eigenvalue weighted by atomic mass is 10.1. The van der Waals surface area contributed by atoms with Crippen molar-refractivity contribution < 1.29 is 4.74 Å². The number of fused-ring (bicyclic) bond motifs is 1. The van der Waals surface area contributed by atoms with E-state index in [2.05, 4.69) is 37.5 Å². The maximum absolute atomic E-state index is 5.13. The van der Waals surface area contributed by atoms with E-state index in [0.717, 1.165) is 50.1 Å². The van der Waals surface area contributed by atoms with Crippen molar-refractivity contribution in [3.05, 3.63) is 11.6 Å². The predicted octanol–water partition coefficient (Wildman–Crippen LogP) is 1.25. The SMILES string of the molecule is CN=C(NCC(C)CN1CCCC1)NC1CCc2nc(COC)nn2C1.I. The number of nitrogens with one attached hydrogen (secondary N) is 2. The van der Waals surface area contributed by atoms with Crippen LogP contribution in [-0.4, -0.2) is 72.0 Å². The average molecular weight is 491 g/mol. The Labute approximate surface area is 179 Å². The number of hydrogen-bond donors (Lipinski definition) is 2. The summed E-state index contributed by atoms with van der Waals surface area (Å²) in [6, 6.07) is 0.319. The smallest absolute Gasteiger partial charge is 0.191 e. The van der Waals surface area contributed by atoms with Gasteiger partial charge in [0, 0.05) is 39.7 Å². The standard InChI is InChI=1S/C18H33N7O.HI/c1-14(11-24-8-4-5-9-24)10-20-18(19-2)21-15-6-7-17-22-16(13-26-3)23-25(17)12-15;/h14-15H,4-13H2,1-3H3,(H2,19,20,21);1H. The van der Waals surface area contributed by atoms with E-state index in [1.54, 1.807) is 7.11 Å². The minimum Gasteiger partial charge on any atom is -0.377 e. The summed E-state index contributed by atoms with van der Waals surface area (Å²) in [5.41, 5.74) is 0. The minimum atomic E-state index is 0. The van der Waals surface area contributed by atoms with Crippen LogP contribution in [0.4, 0.5) is 0 Å². The predicted molar refractivity (Wildman–Crippen MR) is 118 cm³/mol. The number of nitrogens with zero attached hydrogens (tertiary/aromatic N) is 5. The van der Waals surface area contributed by atoms with Gasteiger partial charge in [-0.15, -0.1) is 24.0 Å². The molecule has 27 heavy (non-hydrogen) atoms. The summed E-state index contributed by atoms with van der Waals surface area (Å²) in [6.07, 6.45) is 4.66. The van der Waals surface area contributed by atoms with Crippen LogP contribution in [0, 0.1) is 5.92 Å². The number of aliphatic imine (C=N–C) groups is 1. The highest BCUT2D eigenvalue weighted by Crippen LogP contribution is 2.13. The van der Waals surface area contributed by atoms with Gasteiger partial charge in [-0.3, -0.25) is 4.99 Å². The number of hydrogen-bond acceptors (Lipinski definition) is 5. The first kappa shape index (κ1) is 22.4. The van der Waals surface area contributed by atoms with Crippen molar-refractivity contribution in [1.29, 1.82) is 0 Å². The fourth-order valence-electron chi connectivity index (χ4n) is 3.80. The summed E-state index contributed by atoms with van der Waals surface area (Å²) in [5.74, 6) is 3.30. The van der Waals surface area contributed by atoms with Gasteiger partial charge in [0.05, 0.1) is 6.54 Å². The first-order chi connectivity index (χ1) is 12.7. The molecule has 0 bridgehead atoms. The van der Waals surface area contributed by atoms with E-state index in [1.165, 1.54) is 25.9 Å². The van der Waals surface area contributed by atoms with Gasteiger partial charge >= 0.3 is 0 Å². The van der Waals surface area contributed by atoms with Crippen LogP contribution in [0.25, 0.3) is 0 Å². The molecule has 0 saturated carbocycles. The number of guanidine groups is 1. The second kappa shape index (κ2) is 11.2. The number of ether oxygens (including phenoxy) is 1. The van der Waals surface area contributed by atoms with Crippen molar-refractivity contribution in [3.8, 4) is 0 Å². The number of likely N-dealkylation sites (tertiary alicyclic amines) is 1. The molecule has 3 heterocycles. The molecule has 0 radical (unpaired) electrons. The van der Waals surface area contributed by atoms with Crippen molar-refractivity contribution in [2.24, 2.45) is 10.9 Å². The van der Waals surface area contributed by atoms with Gasteiger partial charge in [-0.1, -0.05) is 6.92 Å². The molecule has 3 rings (SSSR count). The van der Waals surface area contributed by atoms with E-state index in [0.29, 0.717) is 18.6 Å². The van der Waals surface area contributed by atoms with Gasteiger partial charge in [0.2, 0.25) is 0 Å². The number of aryl methyl sites for hydroxylation is 1. The largest absolute Gasteiger partial charge is 0.377 e. The number of halogens is 1. The first-order valence-electron chi connectivity index (χ1n) is 9.79. The molecule has 0 aromatic carbocycles. The van der Waals surface area contributed by atoms with E-state index in [1.807, 2.05) is 11.7 Å². The Bertz CT molecular complexity index is 601. The van der Waals surface area contributed by atoms with Gasteiger partial charge in [-0.25, -0.2) is 9.67 Å². The molecule has 0 amide bonds. The quantitative estimate of drug-likeness (QED) is 0.340. The molecule has 2 N–H and O–H groups in total. The van der Waals surface area contributed by atoms with Crippen molar-refractivity contribution >= 4 is 29.9 Å². The molecular weight excluding hydrogens is 457 g/mol. The zero-order valence-corrected chi connectivity index (χ0v) is 19.1. The molecule has 1 saturated heterocycles. The summed E-state index contributed by atoms with van der Waals surface area (Å²) in [5, 5.41) is 11.6. The maximum atomic E-state index is 5.13. The number of methoxy groups -OCH3 is 1. The molecule has 0 spiro atoms. The Morgan fingerprint density at radius 3 is 2.85 bits per heavy atom. The van der Waals surface area contributed by atoms with Gasteiger partial charge < -0.3 is 20.3 Å². The third kappa shape index (κ3) is 6.56. The summed E-state index contributed by atoms with van der Waals surface area (Å²) in [4.78, 5) is 11.5. The van der Waals surface area contributed by atoms with E-state index in [4.69, 9.17) is 4.74 Å². The maximum Gasteiger partial charge on any atom is 0.191 e. The molecule has 2 unspecified atom stereocenters. The molecule has 0 aliphatic carbocycles. The average Bonchev–Trinajstić information content (AvgIpc) is 3.27. The van der Waals surface area contributed by atoms with Crippen LogP contribution in [0.3, 0.4) is 0 Å². The van der Waals surface area contributed by atoms with Gasteiger partial charge in [-0.05, 0) is 38.3 Å². The molecule has 154 valence electrons. The fourth-order valence-corrected chi connectivity index (χ4v) is 3.80. The monoisotopic (exact) mass is 491 g/mol. The highest BCUT2D eigenvalue weighted by Gasteiger charge is 2.22. The second-order valence-corrected chi connectivity index (χ2v) is 7.51. The van der Waals surface area contributed by atoms with E-state index < -0.39 is 0 Å². The zero-order valence-electron chi connectivity index (χ0n) is 16.8. The lowest BCUT2D eigenvalue weighted by Crippen LogP contribution is -2.48. The van der Waals surface area contributed by atoms with Crippen LogP contribution in [0.1, 0.15) is 37.8 Å². The van der Waals surface area contributed by atoms with Gasteiger partial charge in [-0.2, -0.15) is 5.10 Å². The van der Waals surface area contributed by atoms with Crippen molar-refractivity contribution in [2.45, 2.75) is 51.8 Å². The zero-order chi connectivity index (χ0) is 18.4. The number of rotatable bonds is 7. The molecule has 2 aliphatic rings. The normalized spacial score (nSPS) is 21.4. The third-order valence-electron chi connectivity index (χ3n) is 5.13. The van der Waals surface area contributed by atoms with Crippen molar-refractivity contribution in [1.82, 2.24) is 30.3 Å². The summed E-state index contributed by atoms with van der Waals surface area (Å²) in [6.45, 7) is 8.20. The highest BCUT2D eigenvalue weighted by molar-refractivity contribution is 14.0. The topological polar surface area (TPSA) is 79.6 Å². The van der Waals surface area contributed by atoms with Gasteiger partial charge in [0.15, 0.2) is 11.8 Å². The molecule has 1 aromatic rings. The fraction of sp³-hybridized carbons (Fsp3) is 0.833. The van der Waals surface area contributed by atoms with Crippen molar-refractivity contribution in [2.75, 3.05) is 40.3 Å². The van der Waals surface area contributed by atoms with Crippen LogP contribution < -0.4 is 10.6 Å². The molecule has 8 nitrogen and oxygen atoms in total. The van der Waals surface area contributed by atoms with E-state index in [-0.39, 0.29) is 24.0 Å². The summed E-state index contributed by atoms with van der Waals surface area (Å²) >= 11 is 0. The Kier molecular flexibility index (Phi) is 9.24. The molecule has 1 aromatic heterocycles. The van der Waals surface area contributed by atoms with E-state index >= 15 is 0 Å². The van der Waals surface area contributed by atoms with Crippen LogP contribution in [-0.2, 0) is 24.3 Å². The molecule has 2 aliphatic heterocycles. The Morgan fingerprint density at radius 2 is 2.15 bits per heavy atom. The van der Waals surface area contributed by atoms with Crippen LogP contribution >= 0.6 is 24.0 Å². The first-order valence-corrected chi connectivity index (χ1v) is 9.79. The van der Waals surface area contributed by atoms with Gasteiger partial charge in [0.1, 0.15) is 12.4 Å². The minimum absolute atomic E-state index is 0. The van der Waals surface area contributed by atoms with Crippen molar-refractivity contribution in [3.63, 3.8) is 0 Å². The third-order valence-corrected chi connectivity index (χ3v) is 5.13. The summed E-state index contributed by atoms with van der Waals surface area (Å²) < 4.78 is 7.13. The number of aromatic nitrogens is 3. The van der Waals surface area contributed by atoms with Crippen LogP contribution in [0.5, 0.6) is 0 Å². The Hall–Kier alpha value is -0.940. The summed E-state index contributed by atoms with van der Waals surface area (Å²) in [7, 11) is 3.51. The van der Waals surface area contributed by atoms with Crippen LogP contribution in [0.2, 0.25) is 0 Å². The molecule has 2 atom stereocenters. The molecule has 9 heteroatoms. The van der Waals surface area contributed by atoms with Crippen LogP contribution in [0.15, 0.2) is 4.99 Å². The molecular formula is C18H34IN7O. The molecule has 1 fully saturated rings. The van der Waals surface area contributed by atoms with E-state index in [9.17, 15) is 0 Å². The second-order valence-electron chi connectivity index (χ2n) is 7.51.